The lowest BCUT2D eigenvalue weighted by molar-refractivity contribution is -0.1000. The van der Waals surface area contributed by atoms with Gasteiger partial charge < -0.3 is 14.7 Å². The minimum atomic E-state index is -1.40. The fourth-order valence-electron chi connectivity index (χ4n) is 1.52. The Morgan fingerprint density at radius 2 is 2.16 bits per heavy atom. The van der Waals surface area contributed by atoms with Gasteiger partial charge in [-0.25, -0.2) is 9.18 Å². The summed E-state index contributed by atoms with van der Waals surface area (Å²) >= 11 is 0. The predicted octanol–water partition coefficient (Wildman–Crippen LogP) is 0.563. The van der Waals surface area contributed by atoms with E-state index in [4.69, 9.17) is 9.84 Å². The zero-order valence-electron chi connectivity index (χ0n) is 11.6. The van der Waals surface area contributed by atoms with Crippen molar-refractivity contribution in [1.82, 2.24) is 9.55 Å². The average molecular weight is 273 g/mol. The molecule has 0 spiro atoms. The highest BCUT2D eigenvalue weighted by Gasteiger charge is 2.23. The first kappa shape index (κ1) is 15.6. The summed E-state index contributed by atoms with van der Waals surface area (Å²) in [5.74, 6) is 0.488. The zero-order chi connectivity index (χ0) is 14.6. The number of aliphatic hydroxyl groups excluding tert-OH is 1. The summed E-state index contributed by atoms with van der Waals surface area (Å²) in [5, 5.41) is 8.94. The minimum Gasteiger partial charge on any atom is -0.394 e. The predicted molar refractivity (Wildman–Crippen MR) is 70.1 cm³/mol. The van der Waals surface area contributed by atoms with Crippen LogP contribution in [0.5, 0.6) is 0 Å². The van der Waals surface area contributed by atoms with Gasteiger partial charge in [-0.1, -0.05) is 0 Å². The summed E-state index contributed by atoms with van der Waals surface area (Å²) in [7, 11) is 3.51. The summed E-state index contributed by atoms with van der Waals surface area (Å²) in [6.45, 7) is 2.64. The molecule has 0 saturated heterocycles. The molecular formula is C12H20FN3O3. The monoisotopic (exact) mass is 273 g/mol. The fraction of sp³-hybridized carbons (Fsp3) is 0.667. The lowest BCUT2D eigenvalue weighted by Crippen LogP contribution is -2.35. The highest BCUT2D eigenvalue weighted by molar-refractivity contribution is 5.33. The largest absolute Gasteiger partial charge is 0.394 e. The van der Waals surface area contributed by atoms with Crippen molar-refractivity contribution in [3.63, 3.8) is 0 Å². The molecule has 0 bridgehead atoms. The number of hydrogen-bond donors (Lipinski definition) is 1. The Morgan fingerprint density at radius 1 is 1.53 bits per heavy atom. The molecule has 1 aromatic rings. The summed E-state index contributed by atoms with van der Waals surface area (Å²) in [4.78, 5) is 17.4. The van der Waals surface area contributed by atoms with Gasteiger partial charge in [0, 0.05) is 20.3 Å². The van der Waals surface area contributed by atoms with Crippen LogP contribution in [0.15, 0.2) is 17.1 Å². The first-order chi connectivity index (χ1) is 8.86. The second-order valence-corrected chi connectivity index (χ2v) is 4.57. The van der Waals surface area contributed by atoms with Crippen LogP contribution < -0.4 is 10.6 Å². The number of nitrogens with zero attached hydrogens (tertiary/aromatic N) is 3. The van der Waals surface area contributed by atoms with E-state index in [0.717, 1.165) is 4.57 Å². The van der Waals surface area contributed by atoms with E-state index in [2.05, 4.69) is 4.98 Å². The van der Waals surface area contributed by atoms with Gasteiger partial charge in [-0.2, -0.15) is 4.98 Å². The van der Waals surface area contributed by atoms with Crippen molar-refractivity contribution in [3.05, 3.63) is 22.7 Å². The maximum atomic E-state index is 13.6. The third-order valence-electron chi connectivity index (χ3n) is 2.57. The van der Waals surface area contributed by atoms with Gasteiger partial charge in [-0.3, -0.25) is 4.57 Å². The molecule has 0 fully saturated rings. The summed E-state index contributed by atoms with van der Waals surface area (Å²) in [6.07, 6.45) is -1.63. The van der Waals surface area contributed by atoms with E-state index in [1.54, 1.807) is 32.0 Å². The Bertz CT molecular complexity index is 462. The van der Waals surface area contributed by atoms with Crippen LogP contribution >= 0.6 is 0 Å². The van der Waals surface area contributed by atoms with Crippen molar-refractivity contribution in [2.24, 2.45) is 0 Å². The van der Waals surface area contributed by atoms with Gasteiger partial charge in [0.1, 0.15) is 12.0 Å². The molecule has 6 nitrogen and oxygen atoms in total. The Kier molecular flexibility index (Phi) is 5.44. The number of aromatic nitrogens is 2. The smallest absolute Gasteiger partial charge is 0.351 e. The maximum Gasteiger partial charge on any atom is 0.351 e. The van der Waals surface area contributed by atoms with Crippen molar-refractivity contribution in [2.75, 3.05) is 25.6 Å². The minimum absolute atomic E-state index is 0.249. The van der Waals surface area contributed by atoms with Crippen molar-refractivity contribution < 1.29 is 14.2 Å². The average Bonchev–Trinajstić information content (AvgIpc) is 2.35. The van der Waals surface area contributed by atoms with E-state index >= 15 is 0 Å². The number of ether oxygens (including phenoxy) is 1. The molecule has 108 valence electrons. The molecule has 0 unspecified atom stereocenters. The summed E-state index contributed by atoms with van der Waals surface area (Å²) in [6, 6.07) is 1.60. The molecule has 1 aromatic heterocycles. The molecule has 7 heteroatoms. The van der Waals surface area contributed by atoms with Crippen LogP contribution in [-0.4, -0.2) is 47.6 Å². The van der Waals surface area contributed by atoms with Gasteiger partial charge in [-0.15, -0.1) is 0 Å². The van der Waals surface area contributed by atoms with E-state index < -0.39 is 24.2 Å². The molecule has 3 atom stereocenters. The van der Waals surface area contributed by atoms with Crippen LogP contribution in [0.2, 0.25) is 0 Å². The first-order valence-electron chi connectivity index (χ1n) is 6.03. The Balaban J connectivity index is 3.07. The lowest BCUT2D eigenvalue weighted by atomic mass is 10.3. The number of aliphatic hydroxyl groups is 1. The van der Waals surface area contributed by atoms with Gasteiger partial charge in [0.25, 0.3) is 0 Å². The topological polar surface area (TPSA) is 67.6 Å². The molecule has 0 aliphatic heterocycles. The number of anilines is 1. The highest BCUT2D eigenvalue weighted by Crippen LogP contribution is 2.17. The van der Waals surface area contributed by atoms with Gasteiger partial charge >= 0.3 is 5.69 Å². The van der Waals surface area contributed by atoms with Crippen LogP contribution in [0.3, 0.4) is 0 Å². The number of halogens is 1. The Morgan fingerprint density at radius 3 is 2.58 bits per heavy atom. The fourth-order valence-corrected chi connectivity index (χ4v) is 1.52. The van der Waals surface area contributed by atoms with Gasteiger partial charge in [0.15, 0.2) is 6.23 Å². The number of alkyl halides is 1. The quantitative estimate of drug-likeness (QED) is 0.820. The van der Waals surface area contributed by atoms with Crippen LogP contribution in [0.4, 0.5) is 10.2 Å². The standard InChI is InChI=1S/C12H20FN3O3/c1-8(7-17)19-11(9(2)13)16-6-5-10(15(3)4)14-12(16)18/h5-6,8-9,11,17H,7H2,1-4H3/t8-,9-,11+/m0/s1. The van der Waals surface area contributed by atoms with E-state index in [1.165, 1.54) is 13.1 Å². The SMILES string of the molecule is C[C@H](F)[C@@H](O[C@@H](C)CO)n1ccc(N(C)C)nc1=O. The number of rotatable bonds is 6. The molecule has 1 N–H and O–H groups in total. The maximum absolute atomic E-state index is 13.6. The van der Waals surface area contributed by atoms with Crippen LogP contribution in [-0.2, 0) is 4.74 Å². The van der Waals surface area contributed by atoms with E-state index in [0.29, 0.717) is 5.82 Å². The molecule has 0 amide bonds. The molecule has 0 aromatic carbocycles. The molecule has 0 aliphatic rings. The summed E-state index contributed by atoms with van der Waals surface area (Å²) < 4.78 is 20.0. The first-order valence-corrected chi connectivity index (χ1v) is 6.03. The van der Waals surface area contributed by atoms with E-state index in [-0.39, 0.29) is 6.61 Å². The third kappa shape index (κ3) is 4.00. The molecule has 0 aliphatic carbocycles. The van der Waals surface area contributed by atoms with Crippen molar-refractivity contribution in [2.45, 2.75) is 32.4 Å². The van der Waals surface area contributed by atoms with Crippen molar-refractivity contribution >= 4 is 5.82 Å². The molecule has 1 rings (SSSR count). The van der Waals surface area contributed by atoms with E-state index in [9.17, 15) is 9.18 Å². The normalized spacial score (nSPS) is 15.9. The zero-order valence-corrected chi connectivity index (χ0v) is 11.6. The second-order valence-electron chi connectivity index (χ2n) is 4.57. The van der Waals surface area contributed by atoms with Crippen LogP contribution in [0, 0.1) is 0 Å². The molecular weight excluding hydrogens is 253 g/mol. The van der Waals surface area contributed by atoms with Gasteiger partial charge in [0.2, 0.25) is 0 Å². The Hall–Kier alpha value is -1.47. The van der Waals surface area contributed by atoms with Gasteiger partial charge in [0.05, 0.1) is 12.7 Å². The Labute approximate surface area is 111 Å². The highest BCUT2D eigenvalue weighted by atomic mass is 19.1. The molecule has 1 heterocycles. The molecule has 0 radical (unpaired) electrons. The molecule has 19 heavy (non-hydrogen) atoms. The summed E-state index contributed by atoms with van der Waals surface area (Å²) in [5.41, 5.74) is -0.592. The van der Waals surface area contributed by atoms with E-state index in [1.807, 2.05) is 0 Å². The second kappa shape index (κ2) is 6.63. The van der Waals surface area contributed by atoms with Crippen LogP contribution in [0.25, 0.3) is 0 Å². The number of hydrogen-bond acceptors (Lipinski definition) is 5. The van der Waals surface area contributed by atoms with Gasteiger partial charge in [-0.05, 0) is 19.9 Å². The van der Waals surface area contributed by atoms with Crippen LogP contribution in [0.1, 0.15) is 20.1 Å². The molecule has 0 saturated carbocycles. The van der Waals surface area contributed by atoms with Crippen molar-refractivity contribution in [1.29, 1.82) is 0 Å². The lowest BCUT2D eigenvalue weighted by Gasteiger charge is -2.24. The van der Waals surface area contributed by atoms with Crippen molar-refractivity contribution in [3.8, 4) is 0 Å². The third-order valence-corrected chi connectivity index (χ3v) is 2.57.